The highest BCUT2D eigenvalue weighted by atomic mass is 127. The summed E-state index contributed by atoms with van der Waals surface area (Å²) in [6.07, 6.45) is 1.67. The van der Waals surface area contributed by atoms with Crippen LogP contribution < -0.4 is 0 Å². The van der Waals surface area contributed by atoms with Gasteiger partial charge < -0.3 is 4.98 Å². The van der Waals surface area contributed by atoms with Gasteiger partial charge in [-0.25, -0.2) is 0 Å². The molecule has 3 aromatic rings. The van der Waals surface area contributed by atoms with Gasteiger partial charge in [-0.3, -0.25) is 4.79 Å². The molecule has 2 aromatic carbocycles. The van der Waals surface area contributed by atoms with Gasteiger partial charge in [-0.1, -0.05) is 17.7 Å². The Kier molecular flexibility index (Phi) is 3.70. The number of carbonyl (C=O) groups is 1. The van der Waals surface area contributed by atoms with E-state index >= 15 is 0 Å². The van der Waals surface area contributed by atoms with Crippen molar-refractivity contribution in [2.45, 2.75) is 0 Å². The standard InChI is InChI=1S/C16H8ClIN2O/c17-13-6-10(2-4-14(13)18)16(21)12-8-20-15-5-9(7-19)1-3-11(12)15/h1-6,8,20H. The molecule has 0 saturated carbocycles. The molecule has 0 atom stereocenters. The maximum atomic E-state index is 12.6. The molecular formula is C16H8ClIN2O. The van der Waals surface area contributed by atoms with Crippen molar-refractivity contribution in [3.05, 3.63) is 67.9 Å². The molecule has 21 heavy (non-hydrogen) atoms. The molecule has 0 radical (unpaired) electrons. The van der Waals surface area contributed by atoms with E-state index in [1.54, 1.807) is 36.5 Å². The van der Waals surface area contributed by atoms with Crippen molar-refractivity contribution in [1.29, 1.82) is 5.26 Å². The molecule has 1 heterocycles. The smallest absolute Gasteiger partial charge is 0.195 e. The summed E-state index contributed by atoms with van der Waals surface area (Å²) in [5.74, 6) is -0.0933. The maximum absolute atomic E-state index is 12.6. The van der Waals surface area contributed by atoms with Crippen LogP contribution in [0.2, 0.25) is 5.02 Å². The number of nitrogens with zero attached hydrogens (tertiary/aromatic N) is 1. The summed E-state index contributed by atoms with van der Waals surface area (Å²) >= 11 is 8.19. The molecule has 3 nitrogen and oxygen atoms in total. The van der Waals surface area contributed by atoms with Crippen LogP contribution in [0.15, 0.2) is 42.6 Å². The average molecular weight is 407 g/mol. The minimum Gasteiger partial charge on any atom is -0.360 e. The Hall–Kier alpha value is -1.84. The zero-order valence-electron chi connectivity index (χ0n) is 10.7. The van der Waals surface area contributed by atoms with Crippen LogP contribution in [0, 0.1) is 14.9 Å². The first-order chi connectivity index (χ1) is 10.1. The molecule has 5 heteroatoms. The van der Waals surface area contributed by atoms with Crippen LogP contribution >= 0.6 is 34.2 Å². The highest BCUT2D eigenvalue weighted by molar-refractivity contribution is 14.1. The second-order valence-electron chi connectivity index (χ2n) is 4.53. The predicted octanol–water partition coefficient (Wildman–Crippen LogP) is 4.53. The fraction of sp³-hybridized carbons (Fsp3) is 0. The van der Waals surface area contributed by atoms with Crippen LogP contribution in [0.4, 0.5) is 0 Å². The molecule has 0 aliphatic rings. The van der Waals surface area contributed by atoms with E-state index in [1.165, 1.54) is 0 Å². The summed E-state index contributed by atoms with van der Waals surface area (Å²) in [6, 6.07) is 12.6. The van der Waals surface area contributed by atoms with Gasteiger partial charge >= 0.3 is 0 Å². The Balaban J connectivity index is 2.09. The first-order valence-electron chi connectivity index (χ1n) is 6.11. The maximum Gasteiger partial charge on any atom is 0.195 e. The summed E-state index contributed by atoms with van der Waals surface area (Å²) < 4.78 is 0.906. The first kappa shape index (κ1) is 14.1. The highest BCUT2D eigenvalue weighted by Gasteiger charge is 2.15. The summed E-state index contributed by atoms with van der Waals surface area (Å²) in [4.78, 5) is 15.6. The fourth-order valence-electron chi connectivity index (χ4n) is 2.18. The molecule has 1 N–H and O–H groups in total. The first-order valence-corrected chi connectivity index (χ1v) is 7.57. The predicted molar refractivity (Wildman–Crippen MR) is 90.6 cm³/mol. The number of aromatic nitrogens is 1. The van der Waals surface area contributed by atoms with E-state index in [9.17, 15) is 4.79 Å². The van der Waals surface area contributed by atoms with E-state index in [1.807, 2.05) is 6.07 Å². The van der Waals surface area contributed by atoms with Crippen molar-refractivity contribution >= 4 is 50.9 Å². The van der Waals surface area contributed by atoms with Gasteiger partial charge in [0.1, 0.15) is 0 Å². The van der Waals surface area contributed by atoms with Crippen LogP contribution in [-0.4, -0.2) is 10.8 Å². The Morgan fingerprint density at radius 3 is 2.76 bits per heavy atom. The minimum absolute atomic E-state index is 0.0933. The number of aromatic amines is 1. The summed E-state index contributed by atoms with van der Waals surface area (Å²) in [6.45, 7) is 0. The zero-order chi connectivity index (χ0) is 15.0. The molecular weight excluding hydrogens is 399 g/mol. The van der Waals surface area contributed by atoms with Gasteiger partial charge in [-0.2, -0.15) is 5.26 Å². The summed E-state index contributed by atoms with van der Waals surface area (Å²) in [7, 11) is 0. The number of nitrogens with one attached hydrogen (secondary N) is 1. The Morgan fingerprint density at radius 1 is 1.24 bits per heavy atom. The molecule has 0 saturated heterocycles. The van der Waals surface area contributed by atoms with E-state index in [0.717, 1.165) is 14.5 Å². The van der Waals surface area contributed by atoms with Gasteiger partial charge in [0.05, 0.1) is 16.7 Å². The van der Waals surface area contributed by atoms with Gasteiger partial charge in [0.15, 0.2) is 5.78 Å². The molecule has 3 rings (SSSR count). The third-order valence-electron chi connectivity index (χ3n) is 3.24. The van der Waals surface area contributed by atoms with Gasteiger partial charge in [0, 0.05) is 31.8 Å². The normalized spacial score (nSPS) is 10.5. The monoisotopic (exact) mass is 406 g/mol. The number of benzene rings is 2. The van der Waals surface area contributed by atoms with Gasteiger partial charge in [-0.05, 0) is 52.9 Å². The van der Waals surface area contributed by atoms with Crippen molar-refractivity contribution in [2.24, 2.45) is 0 Å². The zero-order valence-corrected chi connectivity index (χ0v) is 13.6. The van der Waals surface area contributed by atoms with E-state index in [-0.39, 0.29) is 5.78 Å². The number of hydrogen-bond donors (Lipinski definition) is 1. The number of nitriles is 1. The third kappa shape index (κ3) is 2.55. The van der Waals surface area contributed by atoms with Gasteiger partial charge in [0.25, 0.3) is 0 Å². The van der Waals surface area contributed by atoms with E-state index in [2.05, 4.69) is 33.6 Å². The topological polar surface area (TPSA) is 56.6 Å². The second kappa shape index (κ2) is 5.51. The molecule has 0 fully saturated rings. The number of ketones is 1. The average Bonchev–Trinajstić information content (AvgIpc) is 2.92. The van der Waals surface area contributed by atoms with Crippen LogP contribution in [-0.2, 0) is 0 Å². The van der Waals surface area contributed by atoms with E-state index < -0.39 is 0 Å². The molecule has 0 aliphatic heterocycles. The number of H-pyrrole nitrogens is 1. The molecule has 0 amide bonds. The van der Waals surface area contributed by atoms with Crippen molar-refractivity contribution < 1.29 is 4.79 Å². The van der Waals surface area contributed by atoms with Crippen molar-refractivity contribution in [2.75, 3.05) is 0 Å². The van der Waals surface area contributed by atoms with Crippen LogP contribution in [0.5, 0.6) is 0 Å². The van der Waals surface area contributed by atoms with Crippen molar-refractivity contribution in [3.63, 3.8) is 0 Å². The molecule has 0 unspecified atom stereocenters. The Morgan fingerprint density at radius 2 is 2.05 bits per heavy atom. The lowest BCUT2D eigenvalue weighted by Gasteiger charge is -2.02. The van der Waals surface area contributed by atoms with Crippen molar-refractivity contribution in [1.82, 2.24) is 4.98 Å². The quantitative estimate of drug-likeness (QED) is 0.502. The van der Waals surface area contributed by atoms with Crippen LogP contribution in [0.25, 0.3) is 10.9 Å². The lowest BCUT2D eigenvalue weighted by Crippen LogP contribution is -2.00. The molecule has 0 spiro atoms. The number of rotatable bonds is 2. The SMILES string of the molecule is N#Cc1ccc2c(C(=O)c3ccc(I)c(Cl)c3)c[nH]c2c1. The van der Waals surface area contributed by atoms with Crippen LogP contribution in [0.1, 0.15) is 21.5 Å². The van der Waals surface area contributed by atoms with Crippen molar-refractivity contribution in [3.8, 4) is 6.07 Å². The van der Waals surface area contributed by atoms with E-state index in [4.69, 9.17) is 16.9 Å². The molecule has 102 valence electrons. The number of carbonyl (C=O) groups excluding carboxylic acids is 1. The molecule has 1 aromatic heterocycles. The van der Waals surface area contributed by atoms with E-state index in [0.29, 0.717) is 21.7 Å². The molecule has 0 bridgehead atoms. The summed E-state index contributed by atoms with van der Waals surface area (Å²) in [5.41, 5.74) is 2.45. The van der Waals surface area contributed by atoms with Gasteiger partial charge in [0.2, 0.25) is 0 Å². The number of halogens is 2. The highest BCUT2D eigenvalue weighted by Crippen LogP contribution is 2.25. The lowest BCUT2D eigenvalue weighted by atomic mass is 10.0. The Labute approximate surface area is 139 Å². The Bertz CT molecular complexity index is 908. The number of hydrogen-bond acceptors (Lipinski definition) is 2. The minimum atomic E-state index is -0.0933. The second-order valence-corrected chi connectivity index (χ2v) is 6.10. The third-order valence-corrected chi connectivity index (χ3v) is 4.81. The lowest BCUT2D eigenvalue weighted by molar-refractivity contribution is 0.104. The number of fused-ring (bicyclic) bond motifs is 1. The summed E-state index contributed by atoms with van der Waals surface area (Å²) in [5, 5.41) is 10.3. The largest absolute Gasteiger partial charge is 0.360 e. The fourth-order valence-corrected chi connectivity index (χ4v) is 2.69. The molecule has 0 aliphatic carbocycles. The van der Waals surface area contributed by atoms with Gasteiger partial charge in [-0.15, -0.1) is 0 Å². The van der Waals surface area contributed by atoms with Crippen LogP contribution in [0.3, 0.4) is 0 Å².